The molecule has 21 nitrogen and oxygen atoms in total. The van der Waals surface area contributed by atoms with Crippen LogP contribution in [-0.2, 0) is 62.5 Å². The molecule has 6 aromatic rings. The number of sulfonamides is 3. The van der Waals surface area contributed by atoms with Crippen molar-refractivity contribution in [2.45, 2.75) is 47.2 Å². The van der Waals surface area contributed by atoms with E-state index in [2.05, 4.69) is 9.97 Å². The third-order valence-corrected chi connectivity index (χ3v) is 17.1. The van der Waals surface area contributed by atoms with Gasteiger partial charge in [0.2, 0.25) is 20.0 Å². The molecule has 0 saturated heterocycles. The molecular weight excluding hydrogens is 955 g/mol. The predicted molar refractivity (Wildman–Crippen MR) is 251 cm³/mol. The topological polar surface area (TPSA) is 271 Å². The molecular formula is C45H45N9O12S3. The molecule has 1 aliphatic heterocycles. The smallest absolute Gasteiger partial charge is 0.289 e. The molecule has 3 heterocycles. The predicted octanol–water partition coefficient (Wildman–Crippen LogP) is 5.57. The fraction of sp³-hybridized carbons (Fsp3) is 0.244. The van der Waals surface area contributed by atoms with E-state index in [0.717, 1.165) is 49.3 Å². The maximum Gasteiger partial charge on any atom is 0.289 e. The minimum atomic E-state index is -4.52. The summed E-state index contributed by atoms with van der Waals surface area (Å²) in [5.41, 5.74) is 0.658. The molecule has 0 amide bonds. The molecule has 0 aliphatic carbocycles. The zero-order valence-corrected chi connectivity index (χ0v) is 39.2. The third-order valence-electron chi connectivity index (χ3n) is 11.3. The summed E-state index contributed by atoms with van der Waals surface area (Å²) in [7, 11) is -13.5. The third kappa shape index (κ3) is 11.9. The second-order valence-electron chi connectivity index (χ2n) is 15.8. The summed E-state index contributed by atoms with van der Waals surface area (Å²) in [6, 6.07) is 31.8. The van der Waals surface area contributed by atoms with Crippen LogP contribution in [0.15, 0.2) is 154 Å². The van der Waals surface area contributed by atoms with Gasteiger partial charge >= 0.3 is 0 Å². The van der Waals surface area contributed by atoms with E-state index >= 15 is 0 Å². The van der Waals surface area contributed by atoms with Crippen LogP contribution >= 0.6 is 0 Å². The van der Waals surface area contributed by atoms with Crippen molar-refractivity contribution >= 4 is 47.1 Å². The van der Waals surface area contributed by atoms with Crippen molar-refractivity contribution in [3.8, 4) is 0 Å². The quantitative estimate of drug-likeness (QED) is 0.0898. The minimum Gasteiger partial charge on any atom is -0.296 e. The number of nitro benzene ring substituents is 3. The zero-order chi connectivity index (χ0) is 49.3. The molecule has 69 heavy (non-hydrogen) atoms. The van der Waals surface area contributed by atoms with Gasteiger partial charge in [0, 0.05) is 101 Å². The molecule has 4 aromatic carbocycles. The second-order valence-corrected chi connectivity index (χ2v) is 21.5. The van der Waals surface area contributed by atoms with Gasteiger partial charge in [0.25, 0.3) is 27.1 Å². The molecule has 2 bridgehead atoms. The van der Waals surface area contributed by atoms with Crippen molar-refractivity contribution in [2.24, 2.45) is 0 Å². The van der Waals surface area contributed by atoms with E-state index in [0.29, 0.717) is 28.2 Å². The monoisotopic (exact) mass is 999 g/mol. The Morgan fingerprint density at radius 2 is 0.942 bits per heavy atom. The average Bonchev–Trinajstić information content (AvgIpc) is 3.34. The van der Waals surface area contributed by atoms with Crippen molar-refractivity contribution in [2.75, 3.05) is 39.3 Å². The first-order valence-corrected chi connectivity index (χ1v) is 25.6. The SMILES string of the molecule is O=[N+]([O-])c1ccccc1S(=O)(=O)N1CCc2cccc(n2)CCN(S(=O)(=O)c2ccccc2[N+](=O)[O-])CCN(Cc2ccc(CN(Cc3ccccn3)S(=O)(=O)c3ccccc3[N+](=O)[O-])cc2)CC1. The number of pyridine rings is 2. The maximum atomic E-state index is 14.4. The number of hydrogen-bond donors (Lipinski definition) is 0. The van der Waals surface area contributed by atoms with E-state index in [9.17, 15) is 55.6 Å². The highest BCUT2D eigenvalue weighted by Crippen LogP contribution is 2.31. The van der Waals surface area contributed by atoms with Gasteiger partial charge in [-0.05, 0) is 53.6 Å². The van der Waals surface area contributed by atoms with Crippen LogP contribution in [0.4, 0.5) is 17.1 Å². The molecule has 0 N–H and O–H groups in total. The first kappa shape index (κ1) is 50.0. The Balaban J connectivity index is 1.23. The Hall–Kier alpha value is -6.93. The summed E-state index contributed by atoms with van der Waals surface area (Å²) in [5.74, 6) is 0. The van der Waals surface area contributed by atoms with Crippen LogP contribution in [0.5, 0.6) is 0 Å². The van der Waals surface area contributed by atoms with E-state index in [-0.39, 0.29) is 71.7 Å². The van der Waals surface area contributed by atoms with Gasteiger partial charge in [-0.15, -0.1) is 0 Å². The lowest BCUT2D eigenvalue weighted by molar-refractivity contribution is -0.388. The van der Waals surface area contributed by atoms with Gasteiger partial charge in [-0.2, -0.15) is 12.9 Å². The van der Waals surface area contributed by atoms with Crippen molar-refractivity contribution in [3.05, 3.63) is 198 Å². The molecule has 0 atom stereocenters. The highest BCUT2D eigenvalue weighted by Gasteiger charge is 2.35. The lowest BCUT2D eigenvalue weighted by atomic mass is 10.1. The molecule has 0 saturated carbocycles. The lowest BCUT2D eigenvalue weighted by Crippen LogP contribution is -2.44. The number of benzene rings is 4. The van der Waals surface area contributed by atoms with E-state index < -0.39 is 76.6 Å². The maximum absolute atomic E-state index is 14.4. The van der Waals surface area contributed by atoms with Crippen LogP contribution in [0.25, 0.3) is 0 Å². The number of nitrogens with zero attached hydrogens (tertiary/aromatic N) is 9. The molecule has 24 heteroatoms. The zero-order valence-electron chi connectivity index (χ0n) is 36.7. The number of nitro groups is 3. The molecule has 0 spiro atoms. The van der Waals surface area contributed by atoms with Crippen LogP contribution in [0.3, 0.4) is 0 Å². The average molecular weight is 1000 g/mol. The van der Waals surface area contributed by atoms with Crippen molar-refractivity contribution in [1.82, 2.24) is 27.8 Å². The number of fused-ring (bicyclic) bond motifs is 2. The Morgan fingerprint density at radius 3 is 1.42 bits per heavy atom. The standard InChI is InChI=1S/C45H45N9O12S3/c55-52(56)40-13-1-4-16-43(40)67(61,62)49-26-23-37-11-9-12-38(47-37)24-27-50(68(63,64)44-17-5-2-14-41(44)53(57)58)31-29-48(28-30-49)32-35-19-21-36(22-20-35)33-51(34-39-10-7-8-25-46-39)69(65,66)45-18-6-3-15-42(45)54(59)60/h1-22,25H,23-24,26-34H2. The van der Waals surface area contributed by atoms with Gasteiger partial charge in [-0.3, -0.25) is 45.2 Å². The Labute approximate surface area is 397 Å². The fourth-order valence-electron chi connectivity index (χ4n) is 7.77. The van der Waals surface area contributed by atoms with E-state index in [1.807, 2.05) is 0 Å². The van der Waals surface area contributed by atoms with Crippen LogP contribution in [-0.4, -0.2) is 107 Å². The largest absolute Gasteiger partial charge is 0.296 e. The normalized spacial score (nSPS) is 15.0. The van der Waals surface area contributed by atoms with Gasteiger partial charge in [0.1, 0.15) is 0 Å². The summed E-state index contributed by atoms with van der Waals surface area (Å²) in [4.78, 5) is 42.9. The van der Waals surface area contributed by atoms with Crippen LogP contribution in [0.2, 0.25) is 0 Å². The molecule has 2 aromatic heterocycles. The Morgan fingerprint density at radius 1 is 0.493 bits per heavy atom. The van der Waals surface area contributed by atoms with Gasteiger partial charge in [-0.1, -0.05) is 72.8 Å². The highest BCUT2D eigenvalue weighted by atomic mass is 32.2. The first-order chi connectivity index (χ1) is 32.9. The Bertz CT molecular complexity index is 3070. The molecule has 7 rings (SSSR count). The van der Waals surface area contributed by atoms with Gasteiger partial charge in [0.15, 0.2) is 14.7 Å². The Kier molecular flexibility index (Phi) is 15.6. The number of aromatic nitrogens is 2. The molecule has 360 valence electrons. The van der Waals surface area contributed by atoms with Gasteiger partial charge in [0.05, 0.1) is 27.0 Å². The van der Waals surface area contributed by atoms with Gasteiger partial charge < -0.3 is 0 Å². The summed E-state index contributed by atoms with van der Waals surface area (Å²) >= 11 is 0. The van der Waals surface area contributed by atoms with Crippen molar-refractivity contribution in [1.29, 1.82) is 0 Å². The minimum absolute atomic E-state index is 0.0274. The van der Waals surface area contributed by atoms with E-state index in [4.69, 9.17) is 0 Å². The lowest BCUT2D eigenvalue weighted by Gasteiger charge is -2.30. The molecule has 0 radical (unpaired) electrons. The van der Waals surface area contributed by atoms with Crippen molar-refractivity contribution < 1.29 is 40.0 Å². The number of rotatable bonds is 15. The molecule has 0 fully saturated rings. The summed E-state index contributed by atoms with van der Waals surface area (Å²) in [5, 5.41) is 36.0. The van der Waals surface area contributed by atoms with E-state index in [1.54, 1.807) is 65.6 Å². The van der Waals surface area contributed by atoms with Crippen LogP contribution in [0.1, 0.15) is 28.2 Å². The summed E-state index contributed by atoms with van der Waals surface area (Å²) in [6.07, 6.45) is 1.69. The number of hydrogen-bond acceptors (Lipinski definition) is 15. The number of para-hydroxylation sites is 3. The summed E-state index contributed by atoms with van der Waals surface area (Å²) in [6.45, 7) is -1.06. The summed E-state index contributed by atoms with van der Waals surface area (Å²) < 4.78 is 89.1. The second kappa shape index (κ2) is 21.6. The van der Waals surface area contributed by atoms with Crippen LogP contribution in [0, 0.1) is 30.3 Å². The van der Waals surface area contributed by atoms with Crippen LogP contribution < -0.4 is 0 Å². The van der Waals surface area contributed by atoms with Gasteiger partial charge in [-0.25, -0.2) is 25.3 Å². The highest BCUT2D eigenvalue weighted by molar-refractivity contribution is 7.89. The first-order valence-electron chi connectivity index (χ1n) is 21.3. The molecule has 1 aliphatic rings. The fourth-order valence-corrected chi connectivity index (χ4v) is 12.5. The van der Waals surface area contributed by atoms with Crippen molar-refractivity contribution in [3.63, 3.8) is 0 Å². The van der Waals surface area contributed by atoms with E-state index in [1.165, 1.54) is 42.6 Å². The molecule has 0 unspecified atom stereocenters.